The van der Waals surface area contributed by atoms with Crippen LogP contribution >= 0.6 is 23.8 Å². The van der Waals surface area contributed by atoms with Gasteiger partial charge < -0.3 is 19.5 Å². The highest BCUT2D eigenvalue weighted by Crippen LogP contribution is 2.42. The normalized spacial score (nSPS) is 19.2. The number of ether oxygens (including phenoxy) is 1. The number of aryl methyl sites for hydroxylation is 1. The molecule has 3 heterocycles. The average Bonchev–Trinajstić information content (AvgIpc) is 3.25. The van der Waals surface area contributed by atoms with E-state index in [4.69, 9.17) is 28.6 Å². The van der Waals surface area contributed by atoms with Crippen molar-refractivity contribution in [1.29, 1.82) is 0 Å². The summed E-state index contributed by atoms with van der Waals surface area (Å²) >= 11 is 12.1. The molecule has 5 nitrogen and oxygen atoms in total. The molecule has 1 aliphatic heterocycles. The van der Waals surface area contributed by atoms with Crippen LogP contribution in [-0.4, -0.2) is 21.8 Å². The smallest absolute Gasteiger partial charge is 0.174 e. The Bertz CT molecular complexity index is 975. The molecule has 1 aromatic carbocycles. The third kappa shape index (κ3) is 3.26. The lowest BCUT2D eigenvalue weighted by Crippen LogP contribution is -2.29. The van der Waals surface area contributed by atoms with Crippen LogP contribution in [0.25, 0.3) is 0 Å². The van der Waals surface area contributed by atoms with Crippen molar-refractivity contribution in [3.05, 3.63) is 77.3 Å². The summed E-state index contributed by atoms with van der Waals surface area (Å²) in [5.41, 5.74) is 2.99. The number of benzene rings is 1. The van der Waals surface area contributed by atoms with Crippen LogP contribution < -0.4 is 15.0 Å². The molecule has 1 N–H and O–H groups in total. The number of nitrogens with zero attached hydrogens (tertiary/aromatic N) is 3. The molecule has 2 atom stereocenters. The number of anilines is 1. The zero-order valence-corrected chi connectivity index (χ0v) is 16.5. The van der Waals surface area contributed by atoms with Gasteiger partial charge in [0.15, 0.2) is 5.11 Å². The standard InChI is InChI=1S/C20H19ClN4OS/c1-24-10-8-13(12-24)19-18(16-5-3-4-9-22-16)23-20(27)25(19)14-6-7-17(26-2)15(21)11-14/h3-12,18-19H,1-2H3,(H,23,27)/t18-,19+/m1/s1. The molecule has 27 heavy (non-hydrogen) atoms. The Morgan fingerprint density at radius 3 is 2.70 bits per heavy atom. The Morgan fingerprint density at radius 1 is 1.22 bits per heavy atom. The Hall–Kier alpha value is -2.57. The summed E-state index contributed by atoms with van der Waals surface area (Å²) in [5, 5.41) is 4.62. The predicted molar refractivity (Wildman–Crippen MR) is 111 cm³/mol. The van der Waals surface area contributed by atoms with Gasteiger partial charge in [-0.3, -0.25) is 4.98 Å². The first-order valence-electron chi connectivity index (χ1n) is 8.54. The van der Waals surface area contributed by atoms with Crippen LogP contribution in [0.4, 0.5) is 5.69 Å². The molecular weight excluding hydrogens is 380 g/mol. The third-order valence-corrected chi connectivity index (χ3v) is 5.32. The van der Waals surface area contributed by atoms with Crippen LogP contribution in [0, 0.1) is 0 Å². The van der Waals surface area contributed by atoms with E-state index in [1.165, 1.54) is 0 Å². The first-order valence-corrected chi connectivity index (χ1v) is 9.33. The van der Waals surface area contributed by atoms with Crippen molar-refractivity contribution in [2.45, 2.75) is 12.1 Å². The average molecular weight is 399 g/mol. The number of thiocarbonyl (C=S) groups is 1. The monoisotopic (exact) mass is 398 g/mol. The van der Waals surface area contributed by atoms with Gasteiger partial charge in [-0.2, -0.15) is 0 Å². The summed E-state index contributed by atoms with van der Waals surface area (Å²) in [5.74, 6) is 0.635. The largest absolute Gasteiger partial charge is 0.495 e. The minimum atomic E-state index is -0.0676. The number of aromatic nitrogens is 2. The molecule has 2 aromatic heterocycles. The van der Waals surface area contributed by atoms with Gasteiger partial charge in [0.25, 0.3) is 0 Å². The molecule has 138 valence electrons. The van der Waals surface area contributed by atoms with Crippen molar-refractivity contribution in [3.8, 4) is 5.75 Å². The van der Waals surface area contributed by atoms with Gasteiger partial charge in [0, 0.05) is 31.3 Å². The summed E-state index contributed by atoms with van der Waals surface area (Å²) in [7, 11) is 3.61. The van der Waals surface area contributed by atoms with Crippen LogP contribution in [0.1, 0.15) is 23.3 Å². The SMILES string of the molecule is COc1ccc(N2C(=S)N[C@H](c3ccccn3)[C@@H]2c2ccn(C)c2)cc1Cl. The Labute approximate surface area is 168 Å². The van der Waals surface area contributed by atoms with E-state index in [-0.39, 0.29) is 12.1 Å². The van der Waals surface area contributed by atoms with Gasteiger partial charge in [0.1, 0.15) is 5.75 Å². The molecule has 1 saturated heterocycles. The van der Waals surface area contributed by atoms with E-state index in [1.807, 2.05) is 54.2 Å². The molecule has 1 aliphatic rings. The van der Waals surface area contributed by atoms with Crippen LogP contribution in [0.15, 0.2) is 61.1 Å². The highest BCUT2D eigenvalue weighted by atomic mass is 35.5. The molecule has 4 rings (SSSR count). The van der Waals surface area contributed by atoms with Crippen molar-refractivity contribution < 1.29 is 4.74 Å². The van der Waals surface area contributed by atoms with E-state index in [0.717, 1.165) is 16.9 Å². The van der Waals surface area contributed by atoms with Crippen LogP contribution in [0.5, 0.6) is 5.75 Å². The van der Waals surface area contributed by atoms with Gasteiger partial charge in [0.2, 0.25) is 0 Å². The van der Waals surface area contributed by atoms with Gasteiger partial charge in [-0.15, -0.1) is 0 Å². The molecule has 0 aliphatic carbocycles. The maximum Gasteiger partial charge on any atom is 0.174 e. The van der Waals surface area contributed by atoms with E-state index < -0.39 is 0 Å². The number of pyridine rings is 1. The first kappa shape index (κ1) is 17.8. The number of methoxy groups -OCH3 is 1. The summed E-state index contributed by atoms with van der Waals surface area (Å²) in [4.78, 5) is 6.64. The topological polar surface area (TPSA) is 42.3 Å². The second-order valence-corrected chi connectivity index (χ2v) is 7.22. The zero-order valence-electron chi connectivity index (χ0n) is 15.0. The minimum absolute atomic E-state index is 0.0435. The summed E-state index contributed by atoms with van der Waals surface area (Å²) in [6.07, 6.45) is 5.94. The van der Waals surface area contributed by atoms with E-state index in [9.17, 15) is 0 Å². The predicted octanol–water partition coefficient (Wildman–Crippen LogP) is 4.26. The van der Waals surface area contributed by atoms with E-state index in [1.54, 1.807) is 13.3 Å². The fourth-order valence-electron chi connectivity index (χ4n) is 3.48. The van der Waals surface area contributed by atoms with E-state index in [2.05, 4.69) is 27.5 Å². The van der Waals surface area contributed by atoms with Gasteiger partial charge in [-0.1, -0.05) is 17.7 Å². The summed E-state index contributed by atoms with van der Waals surface area (Å²) < 4.78 is 7.32. The maximum absolute atomic E-state index is 6.38. The summed E-state index contributed by atoms with van der Waals surface area (Å²) in [6.45, 7) is 0. The molecule has 0 spiro atoms. The number of nitrogens with one attached hydrogen (secondary N) is 1. The molecule has 0 amide bonds. The van der Waals surface area contributed by atoms with E-state index in [0.29, 0.717) is 15.9 Å². The Morgan fingerprint density at radius 2 is 2.07 bits per heavy atom. The molecule has 0 radical (unpaired) electrons. The zero-order chi connectivity index (χ0) is 19.0. The number of hydrogen-bond acceptors (Lipinski definition) is 3. The lowest BCUT2D eigenvalue weighted by atomic mass is 9.98. The third-order valence-electron chi connectivity index (χ3n) is 4.71. The highest BCUT2D eigenvalue weighted by molar-refractivity contribution is 7.80. The second kappa shape index (κ2) is 7.21. The molecule has 7 heteroatoms. The maximum atomic E-state index is 6.38. The number of hydrogen-bond donors (Lipinski definition) is 1. The lowest BCUT2D eigenvalue weighted by molar-refractivity contribution is 0.415. The van der Waals surface area contributed by atoms with Crippen LogP contribution in [-0.2, 0) is 7.05 Å². The number of rotatable bonds is 4. The first-order chi connectivity index (χ1) is 13.1. The molecule has 3 aromatic rings. The highest BCUT2D eigenvalue weighted by Gasteiger charge is 2.41. The molecule has 0 saturated carbocycles. The van der Waals surface area contributed by atoms with Gasteiger partial charge >= 0.3 is 0 Å². The minimum Gasteiger partial charge on any atom is -0.495 e. The van der Waals surface area contributed by atoms with Crippen molar-refractivity contribution in [2.75, 3.05) is 12.0 Å². The fourth-order valence-corrected chi connectivity index (χ4v) is 4.07. The van der Waals surface area contributed by atoms with Crippen molar-refractivity contribution >= 4 is 34.6 Å². The molecule has 0 bridgehead atoms. The summed E-state index contributed by atoms with van der Waals surface area (Å²) in [6, 6.07) is 13.6. The van der Waals surface area contributed by atoms with E-state index >= 15 is 0 Å². The molecular formula is C20H19ClN4OS. The molecule has 1 fully saturated rings. The number of halogens is 1. The fraction of sp³-hybridized carbons (Fsp3) is 0.200. The van der Waals surface area contributed by atoms with Crippen LogP contribution in [0.2, 0.25) is 5.02 Å². The van der Waals surface area contributed by atoms with Crippen LogP contribution in [0.3, 0.4) is 0 Å². The van der Waals surface area contributed by atoms with Crippen molar-refractivity contribution in [2.24, 2.45) is 7.05 Å². The Balaban J connectivity index is 1.81. The van der Waals surface area contributed by atoms with Gasteiger partial charge in [0.05, 0.1) is 29.9 Å². The Kier molecular flexibility index (Phi) is 4.76. The lowest BCUT2D eigenvalue weighted by Gasteiger charge is -2.27. The van der Waals surface area contributed by atoms with Gasteiger partial charge in [-0.25, -0.2) is 0 Å². The van der Waals surface area contributed by atoms with Crippen molar-refractivity contribution in [1.82, 2.24) is 14.9 Å². The quantitative estimate of drug-likeness (QED) is 0.665. The van der Waals surface area contributed by atoms with Gasteiger partial charge in [-0.05, 0) is 54.2 Å². The van der Waals surface area contributed by atoms with Crippen molar-refractivity contribution in [3.63, 3.8) is 0 Å². The molecule has 0 unspecified atom stereocenters. The second-order valence-electron chi connectivity index (χ2n) is 6.43.